The lowest BCUT2D eigenvalue weighted by molar-refractivity contribution is 0.0915. The van der Waals surface area contributed by atoms with Crippen LogP contribution in [0.5, 0.6) is 0 Å². The molecule has 0 heterocycles. The van der Waals surface area contributed by atoms with Crippen molar-refractivity contribution in [1.82, 2.24) is 5.32 Å². The van der Waals surface area contributed by atoms with Crippen LogP contribution in [0.15, 0.2) is 28.7 Å². The molecular formula is C13H15BrN2O. The van der Waals surface area contributed by atoms with E-state index in [0.29, 0.717) is 18.4 Å². The van der Waals surface area contributed by atoms with Gasteiger partial charge in [0.15, 0.2) is 0 Å². The number of carbonyl (C=O) groups is 1. The Morgan fingerprint density at radius 1 is 1.47 bits per heavy atom. The van der Waals surface area contributed by atoms with E-state index in [1.54, 1.807) is 18.2 Å². The molecule has 0 atom stereocenters. The van der Waals surface area contributed by atoms with Crippen molar-refractivity contribution in [2.24, 2.45) is 0 Å². The van der Waals surface area contributed by atoms with Gasteiger partial charge in [-0.05, 0) is 31.0 Å². The fourth-order valence-corrected chi connectivity index (χ4v) is 1.93. The molecule has 3 nitrogen and oxygen atoms in total. The van der Waals surface area contributed by atoms with Crippen molar-refractivity contribution in [3.8, 4) is 6.07 Å². The van der Waals surface area contributed by atoms with Crippen molar-refractivity contribution >= 4 is 21.8 Å². The Hall–Kier alpha value is -1.34. The number of rotatable bonds is 4. The van der Waals surface area contributed by atoms with Gasteiger partial charge in [0.2, 0.25) is 0 Å². The lowest BCUT2D eigenvalue weighted by Crippen LogP contribution is -2.46. The molecule has 0 aliphatic rings. The summed E-state index contributed by atoms with van der Waals surface area (Å²) in [5.74, 6) is -0.212. The van der Waals surface area contributed by atoms with Crippen molar-refractivity contribution in [2.45, 2.75) is 32.2 Å². The molecule has 1 aromatic carbocycles. The summed E-state index contributed by atoms with van der Waals surface area (Å²) in [5.41, 5.74) is -0.208. The third-order valence-electron chi connectivity index (χ3n) is 2.86. The molecule has 0 spiro atoms. The number of hydrogen-bond donors (Lipinski definition) is 1. The van der Waals surface area contributed by atoms with E-state index in [1.165, 1.54) is 0 Å². The van der Waals surface area contributed by atoms with Crippen molar-refractivity contribution in [3.63, 3.8) is 0 Å². The van der Waals surface area contributed by atoms with Crippen molar-refractivity contribution < 1.29 is 4.79 Å². The van der Waals surface area contributed by atoms with Crippen LogP contribution in [0.4, 0.5) is 0 Å². The van der Waals surface area contributed by atoms with Gasteiger partial charge in [-0.1, -0.05) is 35.8 Å². The molecule has 1 aromatic rings. The molecule has 0 bridgehead atoms. The number of nitriles is 1. The minimum absolute atomic E-state index is 0.212. The molecule has 4 heteroatoms. The lowest BCUT2D eigenvalue weighted by Gasteiger charge is -2.24. The highest BCUT2D eigenvalue weighted by Crippen LogP contribution is 2.16. The van der Waals surface area contributed by atoms with Crippen LogP contribution in [0.2, 0.25) is 0 Å². The van der Waals surface area contributed by atoms with Gasteiger partial charge >= 0.3 is 0 Å². The predicted molar refractivity (Wildman–Crippen MR) is 70.5 cm³/mol. The third-order valence-corrected chi connectivity index (χ3v) is 3.35. The molecule has 1 rings (SSSR count). The Morgan fingerprint density at radius 2 is 2.12 bits per heavy atom. The van der Waals surface area contributed by atoms with Gasteiger partial charge in [0.25, 0.3) is 5.91 Å². The molecule has 0 unspecified atom stereocenters. The quantitative estimate of drug-likeness (QED) is 0.927. The second kappa shape index (κ2) is 5.83. The van der Waals surface area contributed by atoms with Crippen LogP contribution in [0.25, 0.3) is 0 Å². The molecule has 0 fully saturated rings. The first-order chi connectivity index (χ1) is 8.06. The summed E-state index contributed by atoms with van der Waals surface area (Å²) in [7, 11) is 0. The first-order valence-electron chi connectivity index (χ1n) is 5.56. The molecule has 0 radical (unpaired) electrons. The van der Waals surface area contributed by atoms with Crippen LogP contribution >= 0.6 is 15.9 Å². The fraction of sp³-hybridized carbons (Fsp3) is 0.385. The number of hydrogen-bond acceptors (Lipinski definition) is 2. The summed E-state index contributed by atoms with van der Waals surface area (Å²) >= 11 is 3.32. The van der Waals surface area contributed by atoms with E-state index >= 15 is 0 Å². The van der Waals surface area contributed by atoms with Gasteiger partial charge in [-0.3, -0.25) is 4.79 Å². The molecule has 0 saturated carbocycles. The zero-order chi connectivity index (χ0) is 12.9. The highest BCUT2D eigenvalue weighted by molar-refractivity contribution is 9.10. The minimum Gasteiger partial charge on any atom is -0.334 e. The van der Waals surface area contributed by atoms with Gasteiger partial charge < -0.3 is 5.32 Å². The second-order valence-electron chi connectivity index (χ2n) is 3.87. The van der Waals surface area contributed by atoms with Crippen LogP contribution in [0.3, 0.4) is 0 Å². The number of nitrogens with zero attached hydrogens (tertiary/aromatic N) is 1. The summed E-state index contributed by atoms with van der Waals surface area (Å²) in [6.07, 6.45) is 1.19. The average molecular weight is 295 g/mol. The minimum atomic E-state index is -0.764. The molecule has 1 amide bonds. The van der Waals surface area contributed by atoms with Gasteiger partial charge in [-0.2, -0.15) is 5.26 Å². The average Bonchev–Trinajstić information content (AvgIpc) is 2.36. The van der Waals surface area contributed by atoms with Gasteiger partial charge in [-0.25, -0.2) is 0 Å². The molecule has 0 aromatic heterocycles. The zero-order valence-electron chi connectivity index (χ0n) is 9.96. The van der Waals surface area contributed by atoms with E-state index in [2.05, 4.69) is 27.3 Å². The monoisotopic (exact) mass is 294 g/mol. The fourth-order valence-electron chi connectivity index (χ4n) is 1.53. The standard InChI is InChI=1S/C13H15BrN2O/c1-3-13(4-2,9-15)16-12(17)10-6-5-7-11(14)8-10/h5-8H,3-4H2,1-2H3,(H,16,17). The maximum atomic E-state index is 12.0. The van der Waals surface area contributed by atoms with E-state index in [-0.39, 0.29) is 5.91 Å². The third kappa shape index (κ3) is 3.31. The SMILES string of the molecule is CCC(C#N)(CC)NC(=O)c1cccc(Br)c1. The van der Waals surface area contributed by atoms with Crippen LogP contribution in [0, 0.1) is 11.3 Å². The highest BCUT2D eigenvalue weighted by Gasteiger charge is 2.28. The maximum absolute atomic E-state index is 12.0. The Kier molecular flexibility index (Phi) is 4.71. The number of benzene rings is 1. The molecule has 17 heavy (non-hydrogen) atoms. The highest BCUT2D eigenvalue weighted by atomic mass is 79.9. The topological polar surface area (TPSA) is 52.9 Å². The van der Waals surface area contributed by atoms with Gasteiger partial charge in [0, 0.05) is 10.0 Å². The number of halogens is 1. The summed E-state index contributed by atoms with van der Waals surface area (Å²) < 4.78 is 0.848. The normalized spacial score (nSPS) is 10.7. The number of nitrogens with one attached hydrogen (secondary N) is 1. The molecule has 90 valence electrons. The van der Waals surface area contributed by atoms with Gasteiger partial charge in [0.05, 0.1) is 6.07 Å². The molecule has 0 saturated heterocycles. The smallest absolute Gasteiger partial charge is 0.252 e. The number of amides is 1. The summed E-state index contributed by atoms with van der Waals surface area (Å²) in [6.45, 7) is 3.79. The predicted octanol–water partition coefficient (Wildman–Crippen LogP) is 3.26. The summed E-state index contributed by atoms with van der Waals surface area (Å²) in [5, 5.41) is 12.0. The maximum Gasteiger partial charge on any atom is 0.252 e. The van der Waals surface area contributed by atoms with Crippen molar-refractivity contribution in [2.75, 3.05) is 0 Å². The molecule has 0 aliphatic heterocycles. The number of carbonyl (C=O) groups excluding carboxylic acids is 1. The van der Waals surface area contributed by atoms with E-state index in [1.807, 2.05) is 19.9 Å². The van der Waals surface area contributed by atoms with Gasteiger partial charge in [0.1, 0.15) is 5.54 Å². The van der Waals surface area contributed by atoms with E-state index in [9.17, 15) is 4.79 Å². The Balaban J connectivity index is 2.89. The largest absolute Gasteiger partial charge is 0.334 e. The first-order valence-corrected chi connectivity index (χ1v) is 6.35. The summed E-state index contributed by atoms with van der Waals surface area (Å²) in [6, 6.07) is 9.31. The Bertz CT molecular complexity index is 447. The molecule has 1 N–H and O–H groups in total. The van der Waals surface area contributed by atoms with Gasteiger partial charge in [-0.15, -0.1) is 0 Å². The second-order valence-corrected chi connectivity index (χ2v) is 4.78. The van der Waals surface area contributed by atoms with Crippen LogP contribution in [-0.2, 0) is 0 Å². The van der Waals surface area contributed by atoms with Crippen LogP contribution < -0.4 is 5.32 Å². The Morgan fingerprint density at radius 3 is 2.59 bits per heavy atom. The molecule has 0 aliphatic carbocycles. The summed E-state index contributed by atoms with van der Waals surface area (Å²) in [4.78, 5) is 12.0. The van der Waals surface area contributed by atoms with Crippen LogP contribution in [-0.4, -0.2) is 11.4 Å². The van der Waals surface area contributed by atoms with Crippen LogP contribution in [0.1, 0.15) is 37.0 Å². The molecular weight excluding hydrogens is 280 g/mol. The van der Waals surface area contributed by atoms with Crippen molar-refractivity contribution in [3.05, 3.63) is 34.3 Å². The first kappa shape index (κ1) is 13.7. The Labute approximate surface area is 110 Å². The van der Waals surface area contributed by atoms with E-state index in [4.69, 9.17) is 5.26 Å². The van der Waals surface area contributed by atoms with E-state index < -0.39 is 5.54 Å². The zero-order valence-corrected chi connectivity index (χ0v) is 11.5. The lowest BCUT2D eigenvalue weighted by atomic mass is 9.94. The van der Waals surface area contributed by atoms with E-state index in [0.717, 1.165) is 4.47 Å². The van der Waals surface area contributed by atoms with Crippen molar-refractivity contribution in [1.29, 1.82) is 5.26 Å².